The van der Waals surface area contributed by atoms with Crippen LogP contribution >= 0.6 is 0 Å². The SMILES string of the molecule is Cc1ccccc1C(=O)Nc1cccc2c(S(=O)(=O)N[C@H]3CCN(C(=O)CN(C)C)C[C@H]3C)cccc12. The predicted molar refractivity (Wildman–Crippen MR) is 146 cm³/mol. The van der Waals surface area contributed by atoms with Crippen LogP contribution in [-0.2, 0) is 14.8 Å². The maximum absolute atomic E-state index is 13.5. The van der Waals surface area contributed by atoms with E-state index in [0.29, 0.717) is 48.1 Å². The number of carbonyl (C=O) groups is 2. The van der Waals surface area contributed by atoms with Gasteiger partial charge < -0.3 is 15.1 Å². The molecule has 1 fully saturated rings. The second kappa shape index (κ2) is 11.0. The van der Waals surface area contributed by atoms with Crippen molar-refractivity contribution < 1.29 is 18.0 Å². The highest BCUT2D eigenvalue weighted by atomic mass is 32.2. The van der Waals surface area contributed by atoms with E-state index in [4.69, 9.17) is 0 Å². The number of carbonyl (C=O) groups excluding carboxylic acids is 2. The number of hydrogen-bond donors (Lipinski definition) is 2. The van der Waals surface area contributed by atoms with E-state index in [0.717, 1.165) is 5.56 Å². The molecule has 0 radical (unpaired) electrons. The number of likely N-dealkylation sites (N-methyl/N-ethyl adjacent to an activating group) is 1. The van der Waals surface area contributed by atoms with Gasteiger partial charge in [0.05, 0.1) is 11.4 Å². The number of amides is 2. The van der Waals surface area contributed by atoms with Crippen molar-refractivity contribution >= 4 is 38.3 Å². The quantitative estimate of drug-likeness (QED) is 0.495. The molecule has 0 unspecified atom stereocenters. The van der Waals surface area contributed by atoms with E-state index in [2.05, 4.69) is 10.0 Å². The van der Waals surface area contributed by atoms with Gasteiger partial charge in [-0.1, -0.05) is 49.4 Å². The van der Waals surface area contributed by atoms with Crippen molar-refractivity contribution in [3.8, 4) is 0 Å². The van der Waals surface area contributed by atoms with Crippen LogP contribution in [0.3, 0.4) is 0 Å². The van der Waals surface area contributed by atoms with Gasteiger partial charge in [-0.25, -0.2) is 13.1 Å². The van der Waals surface area contributed by atoms with E-state index in [1.807, 2.05) is 51.0 Å². The number of benzene rings is 3. The first-order valence-corrected chi connectivity index (χ1v) is 13.9. The Bertz CT molecular complexity index is 1420. The average Bonchev–Trinajstić information content (AvgIpc) is 2.84. The molecule has 1 aliphatic rings. The molecule has 1 saturated heterocycles. The molecule has 0 aliphatic carbocycles. The molecular formula is C28H34N4O4S. The van der Waals surface area contributed by atoms with Crippen LogP contribution in [0.25, 0.3) is 10.8 Å². The number of likely N-dealkylation sites (tertiary alicyclic amines) is 1. The Morgan fingerprint density at radius 3 is 2.41 bits per heavy atom. The largest absolute Gasteiger partial charge is 0.341 e. The van der Waals surface area contributed by atoms with Gasteiger partial charge in [-0.2, -0.15) is 0 Å². The summed E-state index contributed by atoms with van der Waals surface area (Å²) < 4.78 is 30.0. The van der Waals surface area contributed by atoms with Gasteiger partial charge in [-0.3, -0.25) is 9.59 Å². The minimum Gasteiger partial charge on any atom is -0.341 e. The Labute approximate surface area is 218 Å². The molecule has 0 aromatic heterocycles. The molecule has 3 aromatic rings. The van der Waals surface area contributed by atoms with E-state index in [9.17, 15) is 18.0 Å². The molecule has 1 heterocycles. The third kappa shape index (κ3) is 6.01. The Kier molecular flexibility index (Phi) is 7.96. The lowest BCUT2D eigenvalue weighted by atomic mass is 9.95. The van der Waals surface area contributed by atoms with E-state index >= 15 is 0 Å². The Balaban J connectivity index is 1.55. The summed E-state index contributed by atoms with van der Waals surface area (Å²) in [4.78, 5) is 29.2. The van der Waals surface area contributed by atoms with Crippen molar-refractivity contribution in [1.82, 2.24) is 14.5 Å². The monoisotopic (exact) mass is 522 g/mol. The zero-order valence-corrected chi connectivity index (χ0v) is 22.5. The fourth-order valence-electron chi connectivity index (χ4n) is 4.82. The first-order chi connectivity index (χ1) is 17.6. The third-order valence-corrected chi connectivity index (χ3v) is 8.37. The summed E-state index contributed by atoms with van der Waals surface area (Å²) in [5, 5.41) is 4.12. The van der Waals surface area contributed by atoms with Crippen LogP contribution in [0.4, 0.5) is 5.69 Å². The molecule has 196 valence electrons. The maximum Gasteiger partial charge on any atom is 0.255 e. The molecule has 4 rings (SSSR count). The third-order valence-electron chi connectivity index (χ3n) is 6.83. The van der Waals surface area contributed by atoms with E-state index in [-0.39, 0.29) is 28.7 Å². The summed E-state index contributed by atoms with van der Waals surface area (Å²) in [5.41, 5.74) is 1.97. The van der Waals surface area contributed by atoms with Crippen LogP contribution in [0.5, 0.6) is 0 Å². The standard InChI is InChI=1S/C28H34N4O4S/c1-19-9-5-6-10-21(19)28(34)29-25-13-7-12-23-22(25)11-8-14-26(23)37(35,36)30-24-15-16-32(17-20(24)2)27(33)18-31(3)4/h5-14,20,24,30H,15-18H2,1-4H3,(H,29,34)/t20-,24+/m1/s1. The number of aryl methyl sites for hydroxylation is 1. The number of rotatable bonds is 7. The number of anilines is 1. The predicted octanol–water partition coefficient (Wildman–Crippen LogP) is 3.48. The fraction of sp³-hybridized carbons (Fsp3) is 0.357. The molecule has 2 amide bonds. The molecular weight excluding hydrogens is 488 g/mol. The van der Waals surface area contributed by atoms with Gasteiger partial charge in [-0.05, 0) is 57.1 Å². The van der Waals surface area contributed by atoms with Gasteiger partial charge in [0.2, 0.25) is 15.9 Å². The molecule has 8 nitrogen and oxygen atoms in total. The molecule has 1 aliphatic heterocycles. The van der Waals surface area contributed by atoms with Crippen molar-refractivity contribution in [1.29, 1.82) is 0 Å². The Hall–Kier alpha value is -3.27. The molecule has 9 heteroatoms. The van der Waals surface area contributed by atoms with E-state index in [1.54, 1.807) is 47.4 Å². The number of hydrogen-bond acceptors (Lipinski definition) is 5. The van der Waals surface area contributed by atoms with E-state index in [1.165, 1.54) is 0 Å². The van der Waals surface area contributed by atoms with Crippen LogP contribution in [-0.4, -0.2) is 69.8 Å². The smallest absolute Gasteiger partial charge is 0.255 e. The normalized spacial score (nSPS) is 18.2. The summed E-state index contributed by atoms with van der Waals surface area (Å²) in [7, 11) is -0.148. The highest BCUT2D eigenvalue weighted by Gasteiger charge is 2.32. The summed E-state index contributed by atoms with van der Waals surface area (Å²) in [6.45, 7) is 5.18. The van der Waals surface area contributed by atoms with Crippen LogP contribution in [0.1, 0.15) is 29.3 Å². The highest BCUT2D eigenvalue weighted by Crippen LogP contribution is 2.30. The topological polar surface area (TPSA) is 98.8 Å². The zero-order chi connectivity index (χ0) is 26.7. The number of nitrogens with one attached hydrogen (secondary N) is 2. The molecule has 37 heavy (non-hydrogen) atoms. The molecule has 2 atom stereocenters. The first kappa shape index (κ1) is 26.8. The van der Waals surface area contributed by atoms with Gasteiger partial charge in [-0.15, -0.1) is 0 Å². The lowest BCUT2D eigenvalue weighted by Gasteiger charge is -2.37. The van der Waals surface area contributed by atoms with E-state index < -0.39 is 10.0 Å². The second-order valence-electron chi connectivity index (χ2n) is 10.00. The van der Waals surface area contributed by atoms with Gasteiger partial charge >= 0.3 is 0 Å². The molecule has 0 spiro atoms. The maximum atomic E-state index is 13.5. The van der Waals surface area contributed by atoms with Crippen molar-refractivity contribution in [3.63, 3.8) is 0 Å². The zero-order valence-electron chi connectivity index (χ0n) is 21.7. The molecule has 0 saturated carbocycles. The summed E-state index contributed by atoms with van der Waals surface area (Å²) in [6.07, 6.45) is 0.544. The minimum atomic E-state index is -3.85. The summed E-state index contributed by atoms with van der Waals surface area (Å²) in [6, 6.07) is 17.4. The first-order valence-electron chi connectivity index (χ1n) is 12.4. The van der Waals surface area contributed by atoms with Crippen molar-refractivity contribution in [2.24, 2.45) is 5.92 Å². The molecule has 0 bridgehead atoms. The van der Waals surface area contributed by atoms with Gasteiger partial charge in [0.1, 0.15) is 0 Å². The van der Waals surface area contributed by atoms with Gasteiger partial charge in [0.15, 0.2) is 0 Å². The molecule has 3 aromatic carbocycles. The number of piperidine rings is 1. The number of nitrogens with zero attached hydrogens (tertiary/aromatic N) is 2. The lowest BCUT2D eigenvalue weighted by molar-refractivity contribution is -0.133. The fourth-order valence-corrected chi connectivity index (χ4v) is 6.42. The van der Waals surface area contributed by atoms with Crippen LogP contribution in [0, 0.1) is 12.8 Å². The Morgan fingerprint density at radius 1 is 1.00 bits per heavy atom. The molecule has 2 N–H and O–H groups in total. The highest BCUT2D eigenvalue weighted by molar-refractivity contribution is 7.89. The lowest BCUT2D eigenvalue weighted by Crippen LogP contribution is -2.52. The summed E-state index contributed by atoms with van der Waals surface area (Å²) in [5.74, 6) is -0.234. The van der Waals surface area contributed by atoms with Crippen molar-refractivity contribution in [3.05, 3.63) is 71.8 Å². The van der Waals surface area contributed by atoms with Gasteiger partial charge in [0, 0.05) is 41.2 Å². The van der Waals surface area contributed by atoms with Crippen LogP contribution in [0.15, 0.2) is 65.6 Å². The number of fused-ring (bicyclic) bond motifs is 1. The minimum absolute atomic E-state index is 0.0337. The van der Waals surface area contributed by atoms with Crippen molar-refractivity contribution in [2.75, 3.05) is 39.0 Å². The Morgan fingerprint density at radius 2 is 1.70 bits per heavy atom. The van der Waals surface area contributed by atoms with Crippen LogP contribution in [0.2, 0.25) is 0 Å². The second-order valence-corrected chi connectivity index (χ2v) is 11.7. The van der Waals surface area contributed by atoms with Gasteiger partial charge in [0.25, 0.3) is 5.91 Å². The van der Waals surface area contributed by atoms with Crippen molar-refractivity contribution in [2.45, 2.75) is 31.2 Å². The summed E-state index contributed by atoms with van der Waals surface area (Å²) >= 11 is 0. The average molecular weight is 523 g/mol. The number of sulfonamides is 1. The van der Waals surface area contributed by atoms with Crippen LogP contribution < -0.4 is 10.0 Å².